The minimum Gasteiger partial charge on any atom is -0.487 e. The number of hydrogen-bond acceptors (Lipinski definition) is 1. The molecule has 0 aromatic heterocycles. The summed E-state index contributed by atoms with van der Waals surface area (Å²) >= 11 is 3.02. The van der Waals surface area contributed by atoms with E-state index in [4.69, 9.17) is 0 Å². The molecule has 0 bridgehead atoms. The molecule has 0 saturated heterocycles. The minimum atomic E-state index is -3.05. The van der Waals surface area contributed by atoms with Crippen molar-refractivity contribution in [3.8, 4) is 5.75 Å². The molecule has 0 aliphatic rings. The maximum atomic E-state index is 12.5. The number of alkyl halides is 4. The third-order valence-corrected chi connectivity index (χ3v) is 2.18. The Kier molecular flexibility index (Phi) is 4.18. The highest BCUT2D eigenvalue weighted by Crippen LogP contribution is 2.32. The van der Waals surface area contributed by atoms with Gasteiger partial charge < -0.3 is 4.74 Å². The Morgan fingerprint density at radius 2 is 2.00 bits per heavy atom. The first-order chi connectivity index (χ1) is 7.29. The first-order valence-electron chi connectivity index (χ1n) is 4.38. The quantitative estimate of drug-likeness (QED) is 0.748. The average Bonchev–Trinajstić information content (AvgIpc) is 2.14. The third kappa shape index (κ3) is 4.00. The van der Waals surface area contributed by atoms with E-state index in [0.29, 0.717) is 11.4 Å². The molecule has 1 aromatic carbocycles. The summed E-state index contributed by atoms with van der Waals surface area (Å²) in [5, 5.41) is 0. The first kappa shape index (κ1) is 13.3. The van der Waals surface area contributed by atoms with Crippen LogP contribution in [0.15, 0.2) is 22.7 Å². The number of halogens is 5. The van der Waals surface area contributed by atoms with E-state index < -0.39 is 24.5 Å². The first-order valence-corrected chi connectivity index (χ1v) is 5.17. The zero-order chi connectivity index (χ0) is 12.3. The predicted molar refractivity (Wildman–Crippen MR) is 55.2 cm³/mol. The van der Waals surface area contributed by atoms with Crippen molar-refractivity contribution >= 4 is 15.9 Å². The van der Waals surface area contributed by atoms with Crippen molar-refractivity contribution in [1.29, 1.82) is 0 Å². The second-order valence-corrected chi connectivity index (χ2v) is 4.26. The maximum Gasteiger partial charge on any atom is 0.278 e. The summed E-state index contributed by atoms with van der Waals surface area (Å²) in [5.74, 6) is -3.27. The van der Waals surface area contributed by atoms with Crippen molar-refractivity contribution < 1.29 is 22.3 Å². The maximum absolute atomic E-state index is 12.5. The van der Waals surface area contributed by atoms with Gasteiger partial charge in [-0.1, -0.05) is 15.9 Å². The van der Waals surface area contributed by atoms with Gasteiger partial charge in [0.2, 0.25) is 0 Å². The van der Waals surface area contributed by atoms with Gasteiger partial charge in [0.05, 0.1) is 5.56 Å². The monoisotopic (exact) mass is 300 g/mol. The lowest BCUT2D eigenvalue weighted by Gasteiger charge is -2.14. The van der Waals surface area contributed by atoms with Gasteiger partial charge in [0.15, 0.2) is 6.61 Å². The Morgan fingerprint density at radius 1 is 1.38 bits per heavy atom. The molecule has 0 amide bonds. The van der Waals surface area contributed by atoms with E-state index in [1.54, 1.807) is 0 Å². The molecule has 0 saturated carbocycles. The van der Waals surface area contributed by atoms with Gasteiger partial charge in [-0.15, -0.1) is 0 Å². The molecule has 0 N–H and O–H groups in total. The van der Waals surface area contributed by atoms with Crippen LogP contribution >= 0.6 is 15.9 Å². The summed E-state index contributed by atoms with van der Waals surface area (Å²) in [6.45, 7) is -0.262. The van der Waals surface area contributed by atoms with E-state index in [2.05, 4.69) is 20.7 Å². The minimum absolute atomic E-state index is 0.222. The second kappa shape index (κ2) is 5.03. The van der Waals surface area contributed by atoms with E-state index in [1.165, 1.54) is 12.1 Å². The third-order valence-electron chi connectivity index (χ3n) is 1.69. The van der Waals surface area contributed by atoms with Gasteiger partial charge in [0.25, 0.3) is 12.3 Å². The van der Waals surface area contributed by atoms with E-state index in [-0.39, 0.29) is 5.75 Å². The van der Waals surface area contributed by atoms with E-state index in [0.717, 1.165) is 6.07 Å². The average molecular weight is 301 g/mol. The largest absolute Gasteiger partial charge is 0.487 e. The molecule has 1 aromatic rings. The van der Waals surface area contributed by atoms with Crippen molar-refractivity contribution in [1.82, 2.24) is 0 Å². The van der Waals surface area contributed by atoms with Crippen molar-refractivity contribution in [3.05, 3.63) is 28.2 Å². The highest BCUT2D eigenvalue weighted by atomic mass is 79.9. The molecule has 1 nitrogen and oxygen atoms in total. The normalized spacial score (nSPS) is 11.9. The van der Waals surface area contributed by atoms with Crippen LogP contribution in [-0.4, -0.2) is 12.5 Å². The Bertz CT molecular complexity index is 362. The summed E-state index contributed by atoms with van der Waals surface area (Å²) in [6, 6.07) is 3.83. The van der Waals surface area contributed by atoms with Crippen molar-refractivity contribution in [2.75, 3.05) is 6.61 Å². The van der Waals surface area contributed by atoms with Crippen LogP contribution in [0.3, 0.4) is 0 Å². The molecule has 0 aliphatic carbocycles. The molecule has 0 unspecified atom stereocenters. The fraction of sp³-hybridized carbons (Fsp3) is 0.400. The Balaban J connectivity index is 2.87. The van der Waals surface area contributed by atoms with E-state index in [9.17, 15) is 17.6 Å². The van der Waals surface area contributed by atoms with Crippen molar-refractivity contribution in [2.24, 2.45) is 0 Å². The van der Waals surface area contributed by atoms with Crippen LogP contribution in [0.2, 0.25) is 0 Å². The number of benzene rings is 1. The highest BCUT2D eigenvalue weighted by molar-refractivity contribution is 9.10. The summed E-state index contributed by atoms with van der Waals surface area (Å²) in [4.78, 5) is 0. The SMILES string of the molecule is CC(F)(F)COc1ccc(Br)cc1C(F)F. The van der Waals surface area contributed by atoms with Crippen molar-refractivity contribution in [3.63, 3.8) is 0 Å². The van der Waals surface area contributed by atoms with Gasteiger partial charge >= 0.3 is 0 Å². The van der Waals surface area contributed by atoms with Crippen LogP contribution in [0.25, 0.3) is 0 Å². The summed E-state index contributed by atoms with van der Waals surface area (Å²) < 4.78 is 55.2. The Morgan fingerprint density at radius 3 is 2.50 bits per heavy atom. The van der Waals surface area contributed by atoms with Crippen LogP contribution in [0.1, 0.15) is 18.9 Å². The van der Waals surface area contributed by atoms with Gasteiger partial charge in [-0.05, 0) is 18.2 Å². The predicted octanol–water partition coefficient (Wildman–Crippen LogP) is 4.42. The standard InChI is InChI=1S/C10H9BrF4O/c1-10(14,15)5-16-8-3-2-6(11)4-7(8)9(12)13/h2-4,9H,5H2,1H3. The van der Waals surface area contributed by atoms with Gasteiger partial charge in [0, 0.05) is 11.4 Å². The van der Waals surface area contributed by atoms with Gasteiger partial charge in [-0.3, -0.25) is 0 Å². The summed E-state index contributed by atoms with van der Waals surface area (Å²) in [7, 11) is 0. The molecule has 0 spiro atoms. The fourth-order valence-corrected chi connectivity index (χ4v) is 1.40. The van der Waals surface area contributed by atoms with Gasteiger partial charge in [-0.25, -0.2) is 17.6 Å². The van der Waals surface area contributed by atoms with Gasteiger partial charge in [0.1, 0.15) is 5.75 Å². The molecule has 90 valence electrons. The molecule has 0 atom stereocenters. The molecule has 16 heavy (non-hydrogen) atoms. The second-order valence-electron chi connectivity index (χ2n) is 3.34. The summed E-state index contributed by atoms with van der Waals surface area (Å²) in [6.07, 6.45) is -2.77. The van der Waals surface area contributed by atoms with Crippen LogP contribution in [-0.2, 0) is 0 Å². The lowest BCUT2D eigenvalue weighted by Crippen LogP contribution is -2.21. The Labute approximate surface area is 98.5 Å². The van der Waals surface area contributed by atoms with Crippen LogP contribution in [0, 0.1) is 0 Å². The van der Waals surface area contributed by atoms with Crippen LogP contribution in [0.5, 0.6) is 5.75 Å². The lowest BCUT2D eigenvalue weighted by molar-refractivity contribution is -0.0240. The molecule has 0 radical (unpaired) electrons. The fourth-order valence-electron chi connectivity index (χ4n) is 1.03. The van der Waals surface area contributed by atoms with E-state index >= 15 is 0 Å². The molecular formula is C10H9BrF4O. The van der Waals surface area contributed by atoms with Crippen molar-refractivity contribution in [2.45, 2.75) is 19.3 Å². The molecular weight excluding hydrogens is 292 g/mol. The number of hydrogen-bond donors (Lipinski definition) is 0. The van der Waals surface area contributed by atoms with E-state index in [1.807, 2.05) is 0 Å². The molecule has 1 rings (SSSR count). The molecule has 0 aliphatic heterocycles. The number of ether oxygens (including phenoxy) is 1. The zero-order valence-electron chi connectivity index (χ0n) is 8.31. The van der Waals surface area contributed by atoms with Crippen LogP contribution < -0.4 is 4.74 Å². The Hall–Kier alpha value is -0.780. The number of rotatable bonds is 4. The summed E-state index contributed by atoms with van der Waals surface area (Å²) in [5.41, 5.74) is -0.404. The topological polar surface area (TPSA) is 9.23 Å². The highest BCUT2D eigenvalue weighted by Gasteiger charge is 2.24. The zero-order valence-corrected chi connectivity index (χ0v) is 9.90. The molecule has 0 fully saturated rings. The smallest absolute Gasteiger partial charge is 0.278 e. The molecule has 6 heteroatoms. The van der Waals surface area contributed by atoms with Gasteiger partial charge in [-0.2, -0.15) is 0 Å². The molecule has 0 heterocycles. The lowest BCUT2D eigenvalue weighted by atomic mass is 10.2. The van der Waals surface area contributed by atoms with Crippen LogP contribution in [0.4, 0.5) is 17.6 Å².